The van der Waals surface area contributed by atoms with Crippen molar-refractivity contribution in [3.63, 3.8) is 0 Å². The zero-order chi connectivity index (χ0) is 16.9. The van der Waals surface area contributed by atoms with E-state index in [4.69, 9.17) is 0 Å². The first-order valence-electron chi connectivity index (χ1n) is 8.93. The number of carbonyl (C=O) groups excluding carboxylic acids is 1. The maximum absolute atomic E-state index is 12.3. The first-order chi connectivity index (χ1) is 10.9. The highest BCUT2D eigenvalue weighted by molar-refractivity contribution is 7.89. The molecule has 1 amide bonds. The number of rotatable bonds is 7. The normalized spacial score (nSPS) is 25.4. The van der Waals surface area contributed by atoms with Gasteiger partial charge in [-0.25, -0.2) is 12.7 Å². The zero-order valence-electron chi connectivity index (χ0n) is 14.5. The Labute approximate surface area is 140 Å². The van der Waals surface area contributed by atoms with E-state index >= 15 is 0 Å². The van der Waals surface area contributed by atoms with Crippen LogP contribution in [0.15, 0.2) is 0 Å². The predicted molar refractivity (Wildman–Crippen MR) is 91.7 cm³/mol. The Morgan fingerprint density at radius 2 is 1.91 bits per heavy atom. The molecular weight excluding hydrogens is 314 g/mol. The van der Waals surface area contributed by atoms with E-state index in [0.717, 1.165) is 19.3 Å². The number of hydrogen-bond acceptors (Lipinski definition) is 4. The van der Waals surface area contributed by atoms with E-state index in [1.54, 1.807) is 6.92 Å². The first kappa shape index (κ1) is 18.7. The second kappa shape index (κ2) is 8.44. The van der Waals surface area contributed by atoms with Crippen LogP contribution in [0, 0.1) is 5.92 Å². The number of amides is 1. The molecule has 0 aliphatic carbocycles. The van der Waals surface area contributed by atoms with Gasteiger partial charge in [-0.15, -0.1) is 0 Å². The summed E-state index contributed by atoms with van der Waals surface area (Å²) in [6.45, 7) is 7.76. The van der Waals surface area contributed by atoms with Gasteiger partial charge in [0.2, 0.25) is 15.9 Å². The Morgan fingerprint density at radius 1 is 1.22 bits per heavy atom. The minimum Gasteiger partial charge on any atom is -0.356 e. The number of hydrogen-bond donors (Lipinski definition) is 1. The number of nitrogens with zero attached hydrogens (tertiary/aromatic N) is 2. The van der Waals surface area contributed by atoms with Crippen molar-refractivity contribution in [1.82, 2.24) is 14.5 Å². The minimum absolute atomic E-state index is 0.00891. The van der Waals surface area contributed by atoms with Crippen LogP contribution in [0.3, 0.4) is 0 Å². The van der Waals surface area contributed by atoms with Gasteiger partial charge in [-0.05, 0) is 59.0 Å². The van der Waals surface area contributed by atoms with Gasteiger partial charge < -0.3 is 10.2 Å². The lowest BCUT2D eigenvalue weighted by molar-refractivity contribution is -0.126. The van der Waals surface area contributed by atoms with Crippen LogP contribution in [-0.2, 0) is 14.8 Å². The first-order valence-corrected chi connectivity index (χ1v) is 10.5. The number of carbonyl (C=O) groups is 1. The molecule has 2 atom stereocenters. The Bertz CT molecular complexity index is 489. The van der Waals surface area contributed by atoms with Crippen LogP contribution in [-0.4, -0.2) is 68.0 Å². The fourth-order valence-electron chi connectivity index (χ4n) is 3.51. The van der Waals surface area contributed by atoms with Gasteiger partial charge in [-0.2, -0.15) is 0 Å². The van der Waals surface area contributed by atoms with Crippen molar-refractivity contribution in [3.05, 3.63) is 0 Å². The van der Waals surface area contributed by atoms with Gasteiger partial charge in [0.25, 0.3) is 0 Å². The Hall–Kier alpha value is -0.660. The van der Waals surface area contributed by atoms with E-state index in [0.29, 0.717) is 25.7 Å². The monoisotopic (exact) mass is 345 g/mol. The van der Waals surface area contributed by atoms with Crippen LogP contribution in [0.4, 0.5) is 0 Å². The molecule has 0 aromatic rings. The molecule has 2 heterocycles. The Balaban J connectivity index is 1.74. The molecule has 0 unspecified atom stereocenters. The average Bonchev–Trinajstić information content (AvgIpc) is 3.09. The van der Waals surface area contributed by atoms with E-state index in [1.807, 2.05) is 0 Å². The van der Waals surface area contributed by atoms with Gasteiger partial charge in [0.05, 0.1) is 11.7 Å². The largest absolute Gasteiger partial charge is 0.356 e. The molecule has 23 heavy (non-hydrogen) atoms. The van der Waals surface area contributed by atoms with Crippen molar-refractivity contribution >= 4 is 15.9 Å². The highest BCUT2D eigenvalue weighted by Gasteiger charge is 2.31. The molecule has 0 spiro atoms. The molecule has 0 bridgehead atoms. The number of likely N-dealkylation sites (tertiary alicyclic amines) is 1. The van der Waals surface area contributed by atoms with Crippen molar-refractivity contribution in [3.8, 4) is 0 Å². The number of sulfonamides is 1. The summed E-state index contributed by atoms with van der Waals surface area (Å²) in [5.41, 5.74) is 0. The molecule has 2 aliphatic heterocycles. The van der Waals surface area contributed by atoms with Crippen molar-refractivity contribution in [2.45, 2.75) is 52.0 Å². The summed E-state index contributed by atoms with van der Waals surface area (Å²) in [6.07, 6.45) is 5.06. The van der Waals surface area contributed by atoms with E-state index in [9.17, 15) is 13.2 Å². The lowest BCUT2D eigenvalue weighted by atomic mass is 9.99. The van der Waals surface area contributed by atoms with Crippen LogP contribution < -0.4 is 5.32 Å². The van der Waals surface area contributed by atoms with Crippen LogP contribution in [0.5, 0.6) is 0 Å². The Kier molecular flexibility index (Phi) is 6.85. The molecule has 1 N–H and O–H groups in total. The summed E-state index contributed by atoms with van der Waals surface area (Å²) in [5, 5.41) is 3.01. The summed E-state index contributed by atoms with van der Waals surface area (Å²) < 4.78 is 25.4. The molecular formula is C16H31N3O3S. The minimum atomic E-state index is -3.19. The van der Waals surface area contributed by atoms with Gasteiger partial charge in [0, 0.05) is 25.7 Å². The topological polar surface area (TPSA) is 69.7 Å². The molecule has 2 aliphatic rings. The van der Waals surface area contributed by atoms with Crippen LogP contribution >= 0.6 is 0 Å². The molecule has 0 aromatic heterocycles. The SMILES string of the molecule is CCS(=O)(=O)N1CCC[C@H](C(=O)NCC[C@@H](C)N2CCCC2)C1. The fraction of sp³-hybridized carbons (Fsp3) is 0.938. The molecule has 2 saturated heterocycles. The second-order valence-corrected chi connectivity index (χ2v) is 9.03. The molecule has 7 heteroatoms. The molecule has 134 valence electrons. The molecule has 0 radical (unpaired) electrons. The van der Waals surface area contributed by atoms with E-state index in [2.05, 4.69) is 17.1 Å². The smallest absolute Gasteiger partial charge is 0.224 e. The van der Waals surface area contributed by atoms with Gasteiger partial charge in [0.1, 0.15) is 0 Å². The lowest BCUT2D eigenvalue weighted by Crippen LogP contribution is -2.46. The van der Waals surface area contributed by atoms with E-state index in [-0.39, 0.29) is 17.6 Å². The molecule has 0 aromatic carbocycles. The molecule has 2 rings (SSSR count). The number of piperidine rings is 1. The predicted octanol–water partition coefficient (Wildman–Crippen LogP) is 1.04. The number of nitrogens with one attached hydrogen (secondary N) is 1. The molecule has 2 fully saturated rings. The van der Waals surface area contributed by atoms with Gasteiger partial charge in [-0.3, -0.25) is 4.79 Å². The van der Waals surface area contributed by atoms with Crippen LogP contribution in [0.1, 0.15) is 46.0 Å². The summed E-state index contributed by atoms with van der Waals surface area (Å²) in [5.74, 6) is -0.0869. The van der Waals surface area contributed by atoms with Gasteiger partial charge in [-0.1, -0.05) is 0 Å². The van der Waals surface area contributed by atoms with Gasteiger partial charge in [0.15, 0.2) is 0 Å². The maximum Gasteiger partial charge on any atom is 0.224 e. The fourth-order valence-corrected chi connectivity index (χ4v) is 4.68. The van der Waals surface area contributed by atoms with Gasteiger partial charge >= 0.3 is 0 Å². The third-order valence-electron chi connectivity index (χ3n) is 5.14. The van der Waals surface area contributed by atoms with Crippen LogP contribution in [0.25, 0.3) is 0 Å². The Morgan fingerprint density at radius 3 is 2.57 bits per heavy atom. The van der Waals surface area contributed by atoms with Crippen molar-refractivity contribution < 1.29 is 13.2 Å². The second-order valence-electron chi connectivity index (χ2n) is 6.77. The van der Waals surface area contributed by atoms with E-state index < -0.39 is 10.0 Å². The standard InChI is InChI=1S/C16H31N3O3S/c1-3-23(21,22)19-12-6-7-15(13-19)16(20)17-9-8-14(2)18-10-4-5-11-18/h14-15H,3-13H2,1-2H3,(H,17,20)/t14-,15+/m1/s1. The van der Waals surface area contributed by atoms with Crippen molar-refractivity contribution in [1.29, 1.82) is 0 Å². The maximum atomic E-state index is 12.3. The quantitative estimate of drug-likeness (QED) is 0.748. The highest BCUT2D eigenvalue weighted by atomic mass is 32.2. The summed E-state index contributed by atoms with van der Waals surface area (Å²) in [4.78, 5) is 14.8. The molecule has 6 nitrogen and oxygen atoms in total. The average molecular weight is 346 g/mol. The van der Waals surface area contributed by atoms with Crippen molar-refractivity contribution in [2.24, 2.45) is 5.92 Å². The third-order valence-corrected chi connectivity index (χ3v) is 6.99. The summed E-state index contributed by atoms with van der Waals surface area (Å²) >= 11 is 0. The lowest BCUT2D eigenvalue weighted by Gasteiger charge is -2.31. The zero-order valence-corrected chi connectivity index (χ0v) is 15.3. The van der Waals surface area contributed by atoms with Crippen LogP contribution in [0.2, 0.25) is 0 Å². The highest BCUT2D eigenvalue weighted by Crippen LogP contribution is 2.20. The van der Waals surface area contributed by atoms with E-state index in [1.165, 1.54) is 30.2 Å². The molecule has 0 saturated carbocycles. The van der Waals surface area contributed by atoms with Crippen molar-refractivity contribution in [2.75, 3.05) is 38.5 Å². The summed E-state index contributed by atoms with van der Waals surface area (Å²) in [7, 11) is -3.19. The third kappa shape index (κ3) is 5.16. The summed E-state index contributed by atoms with van der Waals surface area (Å²) in [6, 6.07) is 0.501.